The minimum absolute atomic E-state index is 0.648. The van der Waals surface area contributed by atoms with Crippen molar-refractivity contribution in [2.75, 3.05) is 36.4 Å². The second-order valence-corrected chi connectivity index (χ2v) is 7.86. The van der Waals surface area contributed by atoms with Crippen LogP contribution in [-0.2, 0) is 13.1 Å². The Morgan fingerprint density at radius 2 is 1.46 bits per heavy atom. The first-order valence-electron chi connectivity index (χ1n) is 9.58. The largest absolute Gasteiger partial charge is 0.369 e. The summed E-state index contributed by atoms with van der Waals surface area (Å²) in [7, 11) is 0. The van der Waals surface area contributed by atoms with Gasteiger partial charge < -0.3 is 10.2 Å². The Morgan fingerprint density at radius 3 is 2.18 bits per heavy atom. The quantitative estimate of drug-likeness (QED) is 0.626. The molecule has 0 spiro atoms. The molecule has 0 aliphatic carbocycles. The smallest absolute Gasteiger partial charge is 0.222 e. The maximum Gasteiger partial charge on any atom is 0.222 e. The van der Waals surface area contributed by atoms with Crippen LogP contribution in [0.2, 0.25) is 0 Å². The molecule has 0 unspecified atom stereocenters. The zero-order valence-corrected chi connectivity index (χ0v) is 17.3. The molecular weight excluding hydrogens is 414 g/mol. The highest BCUT2D eigenvalue weighted by Gasteiger charge is 2.18. The van der Waals surface area contributed by atoms with Crippen molar-refractivity contribution in [2.45, 2.75) is 13.1 Å². The van der Waals surface area contributed by atoms with Crippen LogP contribution in [0.1, 0.15) is 11.1 Å². The fourth-order valence-corrected chi connectivity index (χ4v) is 3.71. The highest BCUT2D eigenvalue weighted by molar-refractivity contribution is 9.10. The molecule has 5 nitrogen and oxygen atoms in total. The molecule has 0 radical (unpaired) electrons. The van der Waals surface area contributed by atoms with E-state index in [9.17, 15) is 0 Å². The number of hydrogen-bond donors (Lipinski definition) is 1. The molecule has 1 aromatic heterocycles. The number of nitrogens with zero attached hydrogens (tertiary/aromatic N) is 4. The van der Waals surface area contributed by atoms with Crippen LogP contribution < -0.4 is 10.2 Å². The van der Waals surface area contributed by atoms with Gasteiger partial charge in [0.1, 0.15) is 0 Å². The summed E-state index contributed by atoms with van der Waals surface area (Å²) >= 11 is 3.37. The number of rotatable bonds is 6. The van der Waals surface area contributed by atoms with Crippen LogP contribution in [0.3, 0.4) is 0 Å². The van der Waals surface area contributed by atoms with Crippen LogP contribution in [-0.4, -0.2) is 41.0 Å². The molecular formula is C22H24BrN5. The predicted octanol–water partition coefficient (Wildman–Crippen LogP) is 4.17. The molecule has 2 heterocycles. The Bertz CT molecular complexity index is 877. The van der Waals surface area contributed by atoms with Gasteiger partial charge in [0.2, 0.25) is 5.95 Å². The Morgan fingerprint density at radius 1 is 0.821 bits per heavy atom. The number of piperazine rings is 1. The first kappa shape index (κ1) is 18.9. The number of para-hydroxylation sites is 1. The lowest BCUT2D eigenvalue weighted by Gasteiger charge is -2.36. The Labute approximate surface area is 174 Å². The lowest BCUT2D eigenvalue weighted by Crippen LogP contribution is -2.46. The summed E-state index contributed by atoms with van der Waals surface area (Å²) in [5.74, 6) is 0.648. The Kier molecular flexibility index (Phi) is 6.19. The van der Waals surface area contributed by atoms with Gasteiger partial charge >= 0.3 is 0 Å². The minimum Gasteiger partial charge on any atom is -0.369 e. The van der Waals surface area contributed by atoms with Crippen LogP contribution in [0.15, 0.2) is 71.5 Å². The van der Waals surface area contributed by atoms with Gasteiger partial charge in [-0.2, -0.15) is 0 Å². The first-order chi connectivity index (χ1) is 13.8. The van der Waals surface area contributed by atoms with E-state index in [1.807, 2.05) is 0 Å². The van der Waals surface area contributed by atoms with Gasteiger partial charge in [-0.3, -0.25) is 4.90 Å². The van der Waals surface area contributed by atoms with Crippen molar-refractivity contribution in [2.24, 2.45) is 0 Å². The molecule has 144 valence electrons. The molecule has 0 atom stereocenters. The third-order valence-electron chi connectivity index (χ3n) is 5.06. The zero-order chi connectivity index (χ0) is 19.2. The molecule has 2 aromatic carbocycles. The van der Waals surface area contributed by atoms with Gasteiger partial charge in [-0.05, 0) is 39.2 Å². The topological polar surface area (TPSA) is 44.3 Å². The van der Waals surface area contributed by atoms with Crippen molar-refractivity contribution in [3.8, 4) is 0 Å². The molecule has 1 aliphatic heterocycles. The number of halogens is 1. The number of nitrogens with one attached hydrogen (secondary N) is 1. The van der Waals surface area contributed by atoms with Gasteiger partial charge in [0.25, 0.3) is 0 Å². The van der Waals surface area contributed by atoms with E-state index in [-0.39, 0.29) is 0 Å². The number of benzene rings is 2. The molecule has 4 rings (SSSR count). The van der Waals surface area contributed by atoms with Crippen molar-refractivity contribution in [1.82, 2.24) is 14.9 Å². The maximum atomic E-state index is 4.29. The molecule has 1 N–H and O–H groups in total. The summed E-state index contributed by atoms with van der Waals surface area (Å²) in [5, 5.41) is 3.32. The minimum atomic E-state index is 0.648. The van der Waals surface area contributed by atoms with Crippen LogP contribution in [0.25, 0.3) is 0 Å². The average molecular weight is 438 g/mol. The number of anilines is 2. The van der Waals surface area contributed by atoms with E-state index in [1.165, 1.54) is 16.8 Å². The molecule has 6 heteroatoms. The SMILES string of the molecule is Brc1cnc(NCc2ccccc2CN2CCN(c3ccccc3)CC2)nc1. The lowest BCUT2D eigenvalue weighted by molar-refractivity contribution is 0.249. The van der Waals surface area contributed by atoms with Gasteiger partial charge in [0.05, 0.1) is 4.47 Å². The highest BCUT2D eigenvalue weighted by Crippen LogP contribution is 2.18. The molecule has 0 amide bonds. The fourth-order valence-electron chi connectivity index (χ4n) is 3.51. The van der Waals surface area contributed by atoms with Crippen LogP contribution in [0.4, 0.5) is 11.6 Å². The van der Waals surface area contributed by atoms with Crippen molar-refractivity contribution in [3.63, 3.8) is 0 Å². The predicted molar refractivity (Wildman–Crippen MR) is 117 cm³/mol. The molecule has 1 aliphatic rings. The summed E-state index contributed by atoms with van der Waals surface area (Å²) in [6, 6.07) is 19.3. The normalized spacial score (nSPS) is 14.8. The fraction of sp³-hybridized carbons (Fsp3) is 0.273. The van der Waals surface area contributed by atoms with Crippen molar-refractivity contribution in [3.05, 3.63) is 82.6 Å². The molecule has 3 aromatic rings. The third-order valence-corrected chi connectivity index (χ3v) is 5.47. The van der Waals surface area contributed by atoms with E-state index in [0.29, 0.717) is 5.95 Å². The van der Waals surface area contributed by atoms with Crippen LogP contribution >= 0.6 is 15.9 Å². The second-order valence-electron chi connectivity index (χ2n) is 6.95. The Hall–Kier alpha value is -2.44. The monoisotopic (exact) mass is 437 g/mol. The first-order valence-corrected chi connectivity index (χ1v) is 10.4. The lowest BCUT2D eigenvalue weighted by atomic mass is 10.1. The third kappa shape index (κ3) is 4.88. The molecule has 0 saturated carbocycles. The van der Waals surface area contributed by atoms with E-state index >= 15 is 0 Å². The van der Waals surface area contributed by atoms with Gasteiger partial charge in [-0.15, -0.1) is 0 Å². The van der Waals surface area contributed by atoms with E-state index in [1.54, 1.807) is 12.4 Å². The van der Waals surface area contributed by atoms with Crippen LogP contribution in [0.5, 0.6) is 0 Å². The van der Waals surface area contributed by atoms with Gasteiger partial charge in [-0.25, -0.2) is 9.97 Å². The molecule has 28 heavy (non-hydrogen) atoms. The van der Waals surface area contributed by atoms with Crippen molar-refractivity contribution < 1.29 is 0 Å². The second kappa shape index (κ2) is 9.17. The molecule has 0 bridgehead atoms. The van der Waals surface area contributed by atoms with E-state index in [2.05, 4.69) is 95.6 Å². The highest BCUT2D eigenvalue weighted by atomic mass is 79.9. The van der Waals surface area contributed by atoms with E-state index < -0.39 is 0 Å². The standard InChI is InChI=1S/C22H24BrN5/c23-20-15-25-22(26-16-20)24-14-18-6-4-5-7-19(18)17-27-10-12-28(13-11-27)21-8-2-1-3-9-21/h1-9,15-16H,10-14,17H2,(H,24,25,26). The zero-order valence-electron chi connectivity index (χ0n) is 15.8. The van der Waals surface area contributed by atoms with Crippen molar-refractivity contribution >= 4 is 27.6 Å². The summed E-state index contributed by atoms with van der Waals surface area (Å²) in [6.45, 7) is 5.98. The molecule has 1 fully saturated rings. The molecule has 1 saturated heterocycles. The number of aromatic nitrogens is 2. The maximum absolute atomic E-state index is 4.29. The van der Waals surface area contributed by atoms with Crippen molar-refractivity contribution in [1.29, 1.82) is 0 Å². The van der Waals surface area contributed by atoms with E-state index in [4.69, 9.17) is 0 Å². The van der Waals surface area contributed by atoms with E-state index in [0.717, 1.165) is 43.7 Å². The van der Waals surface area contributed by atoms with Gasteiger partial charge in [0.15, 0.2) is 0 Å². The van der Waals surface area contributed by atoms with Gasteiger partial charge in [-0.1, -0.05) is 42.5 Å². The Balaban J connectivity index is 1.34. The van der Waals surface area contributed by atoms with Gasteiger partial charge in [0, 0.05) is 57.3 Å². The summed E-state index contributed by atoms with van der Waals surface area (Å²) in [4.78, 5) is 13.6. The average Bonchev–Trinajstić information content (AvgIpc) is 2.75. The summed E-state index contributed by atoms with van der Waals surface area (Å²) in [6.07, 6.45) is 3.51. The summed E-state index contributed by atoms with van der Waals surface area (Å²) in [5.41, 5.74) is 3.97. The summed E-state index contributed by atoms with van der Waals surface area (Å²) < 4.78 is 0.882. The van der Waals surface area contributed by atoms with Crippen LogP contribution in [0, 0.1) is 0 Å². The number of hydrogen-bond acceptors (Lipinski definition) is 5.